The number of para-hydroxylation sites is 1. The summed E-state index contributed by atoms with van der Waals surface area (Å²) in [5.41, 5.74) is 4.99. The largest absolute Gasteiger partial charge is 0.496 e. The summed E-state index contributed by atoms with van der Waals surface area (Å²) in [7, 11) is 5.63. The molecule has 0 saturated carbocycles. The molecule has 1 atom stereocenters. The van der Waals surface area contributed by atoms with E-state index in [1.54, 1.807) is 7.11 Å². The van der Waals surface area contributed by atoms with Crippen LogP contribution in [0.5, 0.6) is 5.75 Å². The van der Waals surface area contributed by atoms with Gasteiger partial charge in [-0.2, -0.15) is 0 Å². The number of hydrogen-bond donors (Lipinski definition) is 1. The molecule has 3 rings (SSSR count). The lowest BCUT2D eigenvalue weighted by molar-refractivity contribution is 0.0915. The van der Waals surface area contributed by atoms with Crippen LogP contribution in [-0.2, 0) is 0 Å². The number of carbonyl (C=O) groups excluding carboxylic acids is 1. The Hall–Kier alpha value is -2.79. The highest BCUT2D eigenvalue weighted by molar-refractivity contribution is 5.99. The number of nitrogens with zero attached hydrogens (tertiary/aromatic N) is 1. The van der Waals surface area contributed by atoms with Crippen LogP contribution >= 0.6 is 0 Å². The second-order valence-corrected chi connectivity index (χ2v) is 7.42. The summed E-state index contributed by atoms with van der Waals surface area (Å²) in [6.45, 7) is 6.48. The van der Waals surface area contributed by atoms with E-state index in [1.165, 1.54) is 5.56 Å². The molecule has 148 valence electrons. The van der Waals surface area contributed by atoms with Gasteiger partial charge in [-0.3, -0.25) is 4.79 Å². The molecular weight excluding hydrogens is 352 g/mol. The minimum Gasteiger partial charge on any atom is -0.496 e. The molecule has 28 heavy (non-hydrogen) atoms. The predicted octanol–water partition coefficient (Wildman–Crippen LogP) is 4.40. The van der Waals surface area contributed by atoms with Gasteiger partial charge in [0.25, 0.3) is 5.91 Å². The number of rotatable bonds is 6. The molecule has 1 heterocycles. The molecule has 3 aromatic rings. The molecule has 0 spiro atoms. The summed E-state index contributed by atoms with van der Waals surface area (Å²) in [5.74, 6) is 0.976. The number of carbonyl (C=O) groups is 1. The van der Waals surface area contributed by atoms with Crippen molar-refractivity contribution in [1.29, 1.82) is 0 Å². The topological polar surface area (TPSA) is 54.7 Å². The molecule has 0 bridgehead atoms. The van der Waals surface area contributed by atoms with Gasteiger partial charge in [0.2, 0.25) is 0 Å². The second-order valence-electron chi connectivity index (χ2n) is 7.42. The van der Waals surface area contributed by atoms with Gasteiger partial charge >= 0.3 is 0 Å². The number of furan rings is 1. The number of likely N-dealkylation sites (N-methyl/N-ethyl adjacent to an activating group) is 1. The van der Waals surface area contributed by atoms with Crippen LogP contribution in [-0.4, -0.2) is 38.6 Å². The molecule has 1 N–H and O–H groups in total. The van der Waals surface area contributed by atoms with Crippen LogP contribution in [0.25, 0.3) is 11.0 Å². The van der Waals surface area contributed by atoms with Crippen LogP contribution < -0.4 is 10.1 Å². The Bertz CT molecular complexity index is 1000. The van der Waals surface area contributed by atoms with Gasteiger partial charge in [-0.25, -0.2) is 0 Å². The fourth-order valence-electron chi connectivity index (χ4n) is 3.47. The minimum atomic E-state index is -0.203. The lowest BCUT2D eigenvalue weighted by Gasteiger charge is -2.26. The zero-order chi connectivity index (χ0) is 20.4. The van der Waals surface area contributed by atoms with Crippen molar-refractivity contribution in [3.63, 3.8) is 0 Å². The van der Waals surface area contributed by atoms with Crippen molar-refractivity contribution >= 4 is 16.9 Å². The van der Waals surface area contributed by atoms with E-state index in [0.29, 0.717) is 12.3 Å². The smallest absolute Gasteiger partial charge is 0.287 e. The van der Waals surface area contributed by atoms with Crippen molar-refractivity contribution < 1.29 is 13.9 Å². The number of methoxy groups -OCH3 is 1. The predicted molar refractivity (Wildman–Crippen MR) is 112 cm³/mol. The number of hydrogen-bond acceptors (Lipinski definition) is 4. The molecule has 0 saturated heterocycles. The SMILES string of the molecule is COc1ccccc1[C@H](CNC(=O)c1oc2cc(C)c(C)cc2c1C)N(C)C. The monoisotopic (exact) mass is 380 g/mol. The molecule has 0 unspecified atom stereocenters. The molecule has 0 fully saturated rings. The van der Waals surface area contributed by atoms with Crippen LogP contribution in [0.1, 0.15) is 38.9 Å². The lowest BCUT2D eigenvalue weighted by Crippen LogP contribution is -2.34. The summed E-state index contributed by atoms with van der Waals surface area (Å²) in [4.78, 5) is 14.9. The maximum atomic E-state index is 12.9. The van der Waals surface area contributed by atoms with E-state index in [-0.39, 0.29) is 11.9 Å². The molecule has 5 nitrogen and oxygen atoms in total. The number of aryl methyl sites for hydroxylation is 3. The molecule has 0 aliphatic heterocycles. The van der Waals surface area contributed by atoms with Gasteiger partial charge in [-0.1, -0.05) is 18.2 Å². The Labute approximate surface area is 166 Å². The Kier molecular flexibility index (Phi) is 5.75. The van der Waals surface area contributed by atoms with E-state index < -0.39 is 0 Å². The Morgan fingerprint density at radius 2 is 1.82 bits per heavy atom. The van der Waals surface area contributed by atoms with Gasteiger partial charge < -0.3 is 19.4 Å². The molecule has 0 aliphatic carbocycles. The zero-order valence-electron chi connectivity index (χ0n) is 17.4. The summed E-state index contributed by atoms with van der Waals surface area (Å²) in [6.07, 6.45) is 0. The van der Waals surface area contributed by atoms with Gasteiger partial charge in [0.15, 0.2) is 5.76 Å². The van der Waals surface area contributed by atoms with Crippen LogP contribution in [0.2, 0.25) is 0 Å². The van der Waals surface area contributed by atoms with E-state index in [9.17, 15) is 4.79 Å². The number of fused-ring (bicyclic) bond motifs is 1. The highest BCUT2D eigenvalue weighted by Crippen LogP contribution is 2.29. The number of amides is 1. The molecular formula is C23H28N2O3. The van der Waals surface area contributed by atoms with Crippen LogP contribution in [0.15, 0.2) is 40.8 Å². The van der Waals surface area contributed by atoms with E-state index in [2.05, 4.69) is 23.2 Å². The maximum Gasteiger partial charge on any atom is 0.287 e. The first kappa shape index (κ1) is 20.0. The van der Waals surface area contributed by atoms with Crippen LogP contribution in [0.4, 0.5) is 0 Å². The van der Waals surface area contributed by atoms with Crippen LogP contribution in [0, 0.1) is 20.8 Å². The summed E-state index contributed by atoms with van der Waals surface area (Å²) in [6, 6.07) is 11.9. The van der Waals surface area contributed by atoms with Crippen LogP contribution in [0.3, 0.4) is 0 Å². The standard InChI is InChI=1S/C23H28N2O3/c1-14-11-18-16(3)22(28-21(18)12-15(14)2)23(26)24-13-19(25(4)5)17-9-7-8-10-20(17)27-6/h7-12,19H,13H2,1-6H3,(H,24,26)/t19-/m0/s1. The van der Waals surface area contributed by atoms with E-state index in [4.69, 9.17) is 9.15 Å². The quantitative estimate of drug-likeness (QED) is 0.689. The first-order valence-corrected chi connectivity index (χ1v) is 9.41. The third kappa shape index (κ3) is 3.76. The number of nitrogens with one attached hydrogen (secondary N) is 1. The highest BCUT2D eigenvalue weighted by atomic mass is 16.5. The van der Waals surface area contributed by atoms with E-state index >= 15 is 0 Å². The molecule has 0 radical (unpaired) electrons. The van der Waals surface area contributed by atoms with Gasteiger partial charge in [-0.15, -0.1) is 0 Å². The van der Waals surface area contributed by atoms with Gasteiger partial charge in [0, 0.05) is 23.1 Å². The average Bonchev–Trinajstić information content (AvgIpc) is 2.98. The van der Waals surface area contributed by atoms with Crippen molar-refractivity contribution in [3.8, 4) is 5.75 Å². The Morgan fingerprint density at radius 1 is 1.14 bits per heavy atom. The van der Waals surface area contributed by atoms with Crippen molar-refractivity contribution in [2.24, 2.45) is 0 Å². The summed E-state index contributed by atoms with van der Waals surface area (Å²) < 4.78 is 11.4. The van der Waals surface area contributed by atoms with E-state index in [1.807, 2.05) is 58.3 Å². The van der Waals surface area contributed by atoms with Crippen molar-refractivity contribution in [2.45, 2.75) is 26.8 Å². The molecule has 5 heteroatoms. The average molecular weight is 380 g/mol. The third-order valence-corrected chi connectivity index (χ3v) is 5.34. The van der Waals surface area contributed by atoms with Crippen molar-refractivity contribution in [2.75, 3.05) is 27.7 Å². The minimum absolute atomic E-state index is 0.0192. The zero-order valence-corrected chi connectivity index (χ0v) is 17.4. The summed E-state index contributed by atoms with van der Waals surface area (Å²) in [5, 5.41) is 4.02. The Balaban J connectivity index is 1.84. The normalized spacial score (nSPS) is 12.4. The third-order valence-electron chi connectivity index (χ3n) is 5.34. The molecule has 1 aromatic heterocycles. The highest BCUT2D eigenvalue weighted by Gasteiger charge is 2.22. The number of benzene rings is 2. The molecule has 0 aliphatic rings. The van der Waals surface area contributed by atoms with Gasteiger partial charge in [0.1, 0.15) is 11.3 Å². The van der Waals surface area contributed by atoms with Crippen molar-refractivity contribution in [1.82, 2.24) is 10.2 Å². The fourth-order valence-corrected chi connectivity index (χ4v) is 3.47. The molecule has 1 amide bonds. The maximum absolute atomic E-state index is 12.9. The van der Waals surface area contributed by atoms with E-state index in [0.717, 1.165) is 33.4 Å². The lowest BCUT2D eigenvalue weighted by atomic mass is 10.0. The first-order valence-electron chi connectivity index (χ1n) is 9.41. The van der Waals surface area contributed by atoms with Gasteiger partial charge in [-0.05, 0) is 64.2 Å². The fraction of sp³-hybridized carbons (Fsp3) is 0.348. The summed E-state index contributed by atoms with van der Waals surface area (Å²) >= 11 is 0. The van der Waals surface area contributed by atoms with Gasteiger partial charge in [0.05, 0.1) is 13.2 Å². The Morgan fingerprint density at radius 3 is 2.50 bits per heavy atom. The second kappa shape index (κ2) is 8.07. The molecule has 2 aromatic carbocycles. The van der Waals surface area contributed by atoms with Crippen molar-refractivity contribution in [3.05, 3.63) is 64.4 Å². The first-order chi connectivity index (χ1) is 13.3. The number of ether oxygens (including phenoxy) is 1.